The summed E-state index contributed by atoms with van der Waals surface area (Å²) in [6, 6.07) is 5.29. The number of nitrogens with zero attached hydrogens (tertiary/aromatic N) is 1. The fraction of sp³-hybridized carbons (Fsp3) is 0.412. The Hall–Kier alpha value is -1.92. The molecule has 2 aromatic rings. The Kier molecular flexibility index (Phi) is 5.25. The van der Waals surface area contributed by atoms with E-state index in [9.17, 15) is 9.90 Å². The summed E-state index contributed by atoms with van der Waals surface area (Å²) in [6.07, 6.45) is 5.07. The molecule has 0 radical (unpaired) electrons. The zero-order valence-electron chi connectivity index (χ0n) is 12.7. The Balaban J connectivity index is 1.56. The summed E-state index contributed by atoms with van der Waals surface area (Å²) in [4.78, 5) is 16.1. The second-order valence-corrected chi connectivity index (χ2v) is 6.53. The minimum absolute atomic E-state index is 0.0607. The Bertz CT molecular complexity index is 618. The molecule has 0 aromatic carbocycles. The van der Waals surface area contributed by atoms with Crippen LogP contribution in [-0.4, -0.2) is 34.2 Å². The predicted octanol–water partition coefficient (Wildman–Crippen LogP) is 2.16. The zero-order chi connectivity index (χ0) is 16.1. The minimum Gasteiger partial charge on any atom is -0.486 e. The molecule has 122 valence electrons. The lowest BCUT2D eigenvalue weighted by Gasteiger charge is -2.35. The van der Waals surface area contributed by atoms with E-state index in [0.29, 0.717) is 12.2 Å². The van der Waals surface area contributed by atoms with Gasteiger partial charge in [-0.2, -0.15) is 11.3 Å². The highest BCUT2D eigenvalue weighted by molar-refractivity contribution is 7.07. The lowest BCUT2D eigenvalue weighted by Crippen LogP contribution is -2.53. The largest absolute Gasteiger partial charge is 0.486 e. The first-order valence-corrected chi connectivity index (χ1v) is 8.72. The lowest BCUT2D eigenvalue weighted by molar-refractivity contribution is -0.123. The van der Waals surface area contributed by atoms with E-state index in [2.05, 4.69) is 10.3 Å². The second-order valence-electron chi connectivity index (χ2n) is 5.75. The molecule has 0 unspecified atom stereocenters. The fourth-order valence-electron chi connectivity index (χ4n) is 2.85. The number of amides is 1. The molecule has 6 heteroatoms. The topological polar surface area (TPSA) is 71.5 Å². The first-order chi connectivity index (χ1) is 11.2. The highest BCUT2D eigenvalue weighted by atomic mass is 32.1. The van der Waals surface area contributed by atoms with Crippen molar-refractivity contribution in [2.24, 2.45) is 0 Å². The first kappa shape index (κ1) is 16.0. The summed E-state index contributed by atoms with van der Waals surface area (Å²) in [7, 11) is 0. The normalized spacial score (nSPS) is 24.1. The Morgan fingerprint density at radius 1 is 1.43 bits per heavy atom. The Morgan fingerprint density at radius 2 is 2.35 bits per heavy atom. The first-order valence-electron chi connectivity index (χ1n) is 7.77. The third-order valence-corrected chi connectivity index (χ3v) is 4.74. The van der Waals surface area contributed by atoms with Crippen LogP contribution in [0.25, 0.3) is 0 Å². The van der Waals surface area contributed by atoms with E-state index in [4.69, 9.17) is 4.74 Å². The molecule has 23 heavy (non-hydrogen) atoms. The molecule has 1 aliphatic carbocycles. The van der Waals surface area contributed by atoms with Gasteiger partial charge in [0.15, 0.2) is 0 Å². The molecular formula is C17H20N2O3S. The summed E-state index contributed by atoms with van der Waals surface area (Å²) >= 11 is 1.57. The average molecular weight is 332 g/mol. The van der Waals surface area contributed by atoms with Crippen LogP contribution in [0.3, 0.4) is 0 Å². The van der Waals surface area contributed by atoms with Gasteiger partial charge in [0.1, 0.15) is 18.0 Å². The molecule has 1 aliphatic rings. The van der Waals surface area contributed by atoms with Crippen LogP contribution in [0, 0.1) is 0 Å². The van der Waals surface area contributed by atoms with Gasteiger partial charge in [-0.15, -0.1) is 0 Å². The number of aliphatic hydroxyl groups excluding tert-OH is 1. The molecule has 2 N–H and O–H groups in total. The molecule has 3 atom stereocenters. The van der Waals surface area contributed by atoms with Gasteiger partial charge in [0, 0.05) is 6.20 Å². The van der Waals surface area contributed by atoms with E-state index in [1.54, 1.807) is 29.8 Å². The summed E-state index contributed by atoms with van der Waals surface area (Å²) in [5.41, 5.74) is 1.00. The van der Waals surface area contributed by atoms with Gasteiger partial charge in [0.2, 0.25) is 5.91 Å². The molecule has 0 spiro atoms. The highest BCUT2D eigenvalue weighted by Gasteiger charge is 2.34. The summed E-state index contributed by atoms with van der Waals surface area (Å²) in [6.45, 7) is 0. The number of hydrogen-bond acceptors (Lipinski definition) is 5. The molecule has 2 aromatic heterocycles. The maximum atomic E-state index is 12.1. The molecule has 1 amide bonds. The van der Waals surface area contributed by atoms with E-state index < -0.39 is 6.10 Å². The summed E-state index contributed by atoms with van der Waals surface area (Å²) < 4.78 is 5.82. The minimum atomic E-state index is -0.713. The molecule has 1 saturated carbocycles. The van der Waals surface area contributed by atoms with E-state index >= 15 is 0 Å². The van der Waals surface area contributed by atoms with Crippen molar-refractivity contribution < 1.29 is 14.6 Å². The number of carbonyl (C=O) groups is 1. The number of aromatic nitrogens is 1. The van der Waals surface area contributed by atoms with Crippen molar-refractivity contribution in [2.75, 3.05) is 0 Å². The molecule has 2 heterocycles. The fourth-order valence-corrected chi connectivity index (χ4v) is 3.52. The monoisotopic (exact) mass is 332 g/mol. The van der Waals surface area contributed by atoms with Crippen molar-refractivity contribution in [2.45, 2.75) is 43.9 Å². The number of rotatable bonds is 5. The van der Waals surface area contributed by atoms with Gasteiger partial charge in [-0.25, -0.2) is 0 Å². The summed E-state index contributed by atoms with van der Waals surface area (Å²) in [5, 5.41) is 17.4. The summed E-state index contributed by atoms with van der Waals surface area (Å²) in [5.74, 6) is 0.580. The van der Waals surface area contributed by atoms with Gasteiger partial charge < -0.3 is 15.2 Å². The van der Waals surface area contributed by atoms with Crippen LogP contribution in [0.5, 0.6) is 5.75 Å². The molecule has 3 rings (SSSR count). The number of ether oxygens (including phenoxy) is 1. The zero-order valence-corrected chi connectivity index (χ0v) is 13.5. The van der Waals surface area contributed by atoms with Crippen LogP contribution in [0.15, 0.2) is 41.4 Å². The van der Waals surface area contributed by atoms with Gasteiger partial charge in [-0.3, -0.25) is 9.78 Å². The van der Waals surface area contributed by atoms with Gasteiger partial charge in [-0.05, 0) is 53.8 Å². The van der Waals surface area contributed by atoms with E-state index in [1.807, 2.05) is 22.9 Å². The van der Waals surface area contributed by atoms with Crippen LogP contribution >= 0.6 is 11.3 Å². The standard InChI is InChI=1S/C17H20N2O3S/c20-16(9-12-6-8-23-11-12)19-14-4-1-5-15(17(14)21)22-13-3-2-7-18-10-13/h2-3,6-8,10-11,14-15,17,21H,1,4-5,9H2,(H,19,20)/t14-,15-,17-/m1/s1. The quantitative estimate of drug-likeness (QED) is 0.880. The molecule has 5 nitrogen and oxygen atoms in total. The molecular weight excluding hydrogens is 312 g/mol. The highest BCUT2D eigenvalue weighted by Crippen LogP contribution is 2.24. The van der Waals surface area contributed by atoms with E-state index in [0.717, 1.165) is 24.8 Å². The maximum absolute atomic E-state index is 12.1. The lowest BCUT2D eigenvalue weighted by atomic mass is 9.89. The maximum Gasteiger partial charge on any atom is 0.224 e. The number of hydrogen-bond donors (Lipinski definition) is 2. The second kappa shape index (κ2) is 7.57. The van der Waals surface area contributed by atoms with Crippen LogP contribution in [0.4, 0.5) is 0 Å². The van der Waals surface area contributed by atoms with Gasteiger partial charge in [-0.1, -0.05) is 0 Å². The molecule has 0 saturated heterocycles. The Labute approximate surface area is 139 Å². The van der Waals surface area contributed by atoms with Crippen molar-refractivity contribution in [3.8, 4) is 5.75 Å². The molecule has 0 aliphatic heterocycles. The number of aliphatic hydroxyl groups is 1. The third kappa shape index (κ3) is 4.30. The van der Waals surface area contributed by atoms with Crippen molar-refractivity contribution >= 4 is 17.2 Å². The smallest absolute Gasteiger partial charge is 0.224 e. The van der Waals surface area contributed by atoms with Crippen molar-refractivity contribution in [3.63, 3.8) is 0 Å². The van der Waals surface area contributed by atoms with E-state index in [-0.39, 0.29) is 18.1 Å². The SMILES string of the molecule is O=C(Cc1ccsc1)N[C@@H]1CCC[C@@H](Oc2cccnc2)[C@@H]1O. The van der Waals surface area contributed by atoms with Crippen molar-refractivity contribution in [1.82, 2.24) is 10.3 Å². The van der Waals surface area contributed by atoms with Crippen LogP contribution in [0.1, 0.15) is 24.8 Å². The van der Waals surface area contributed by atoms with Crippen molar-refractivity contribution in [3.05, 3.63) is 46.9 Å². The number of thiophene rings is 1. The van der Waals surface area contributed by atoms with E-state index in [1.165, 1.54) is 0 Å². The van der Waals surface area contributed by atoms with Gasteiger partial charge >= 0.3 is 0 Å². The van der Waals surface area contributed by atoms with Crippen LogP contribution in [-0.2, 0) is 11.2 Å². The predicted molar refractivity (Wildman–Crippen MR) is 88.5 cm³/mol. The number of pyridine rings is 1. The number of nitrogens with one attached hydrogen (secondary N) is 1. The number of carbonyl (C=O) groups excluding carboxylic acids is 1. The van der Waals surface area contributed by atoms with Crippen molar-refractivity contribution in [1.29, 1.82) is 0 Å². The molecule has 0 bridgehead atoms. The average Bonchev–Trinajstić information content (AvgIpc) is 3.05. The van der Waals surface area contributed by atoms with Crippen LogP contribution < -0.4 is 10.1 Å². The molecule has 1 fully saturated rings. The van der Waals surface area contributed by atoms with Gasteiger partial charge in [0.05, 0.1) is 18.7 Å². The Morgan fingerprint density at radius 3 is 3.09 bits per heavy atom. The third-order valence-electron chi connectivity index (χ3n) is 4.01. The van der Waals surface area contributed by atoms with Crippen LogP contribution in [0.2, 0.25) is 0 Å². The van der Waals surface area contributed by atoms with Gasteiger partial charge in [0.25, 0.3) is 0 Å².